The van der Waals surface area contributed by atoms with Gasteiger partial charge in [-0.15, -0.1) is 0 Å². The fraction of sp³-hybridized carbons (Fsp3) is 0. The summed E-state index contributed by atoms with van der Waals surface area (Å²) in [4.78, 5) is 16.9. The smallest absolute Gasteiger partial charge is 0.296 e. The van der Waals surface area contributed by atoms with E-state index in [2.05, 4.69) is 9.97 Å². The zero-order valence-corrected chi connectivity index (χ0v) is 8.88. The molecule has 0 atom stereocenters. The summed E-state index contributed by atoms with van der Waals surface area (Å²) in [7, 11) is 0. The van der Waals surface area contributed by atoms with Crippen LogP contribution in [0.1, 0.15) is 0 Å². The molecule has 1 aromatic carbocycles. The molecule has 18 heavy (non-hydrogen) atoms. The first-order valence-corrected chi connectivity index (χ1v) is 5.01. The summed E-state index contributed by atoms with van der Waals surface area (Å²) in [5.74, 6) is -0.368. The monoisotopic (exact) mass is 247 g/mol. The number of H-pyrrole nitrogens is 1. The Kier molecular flexibility index (Phi) is 2.12. The van der Waals surface area contributed by atoms with Crippen molar-refractivity contribution < 1.29 is 13.7 Å². The first kappa shape index (κ1) is 10.5. The van der Waals surface area contributed by atoms with E-state index in [9.17, 15) is 14.5 Å². The van der Waals surface area contributed by atoms with Crippen LogP contribution in [0.3, 0.4) is 0 Å². The Morgan fingerprint density at radius 3 is 2.89 bits per heavy atom. The molecule has 1 N–H and O–H groups in total. The molecular formula is C11H6FN3O3. The van der Waals surface area contributed by atoms with Crippen molar-refractivity contribution in [3.63, 3.8) is 0 Å². The number of nitro groups is 1. The van der Waals surface area contributed by atoms with Crippen LogP contribution >= 0.6 is 0 Å². The Hall–Kier alpha value is -2.70. The topological polar surface area (TPSA) is 85.0 Å². The summed E-state index contributed by atoms with van der Waals surface area (Å²) in [5.41, 5.74) is 0.390. The highest BCUT2D eigenvalue weighted by Gasteiger charge is 2.18. The molecule has 0 aliphatic carbocycles. The molecule has 0 saturated heterocycles. The van der Waals surface area contributed by atoms with Gasteiger partial charge in [-0.3, -0.25) is 10.1 Å². The second kappa shape index (κ2) is 3.66. The summed E-state index contributed by atoms with van der Waals surface area (Å²) < 4.78 is 18.3. The summed E-state index contributed by atoms with van der Waals surface area (Å²) >= 11 is 0. The van der Waals surface area contributed by atoms with Crippen LogP contribution in [-0.4, -0.2) is 14.9 Å². The molecule has 0 unspecified atom stereocenters. The van der Waals surface area contributed by atoms with Crippen molar-refractivity contribution in [2.24, 2.45) is 0 Å². The first-order valence-electron chi connectivity index (χ1n) is 5.01. The number of aromatic amines is 1. The van der Waals surface area contributed by atoms with Crippen LogP contribution in [0.5, 0.6) is 0 Å². The van der Waals surface area contributed by atoms with Crippen molar-refractivity contribution in [1.29, 1.82) is 0 Å². The van der Waals surface area contributed by atoms with Crippen LogP contribution in [0.4, 0.5) is 10.1 Å². The maximum Gasteiger partial charge on any atom is 0.296 e. The lowest BCUT2D eigenvalue weighted by molar-refractivity contribution is -0.383. The summed E-state index contributed by atoms with van der Waals surface area (Å²) in [6, 6.07) is 3.64. The molecule has 0 fully saturated rings. The fourth-order valence-electron chi connectivity index (χ4n) is 1.81. The zero-order valence-electron chi connectivity index (χ0n) is 8.88. The van der Waals surface area contributed by atoms with E-state index in [1.54, 1.807) is 6.07 Å². The van der Waals surface area contributed by atoms with Gasteiger partial charge >= 0.3 is 0 Å². The molecule has 0 radical (unpaired) electrons. The average Bonchev–Trinajstić information content (AvgIpc) is 2.95. The minimum Gasteiger partial charge on any atom is -0.443 e. The second-order valence-corrected chi connectivity index (χ2v) is 3.67. The van der Waals surface area contributed by atoms with Gasteiger partial charge in [-0.25, -0.2) is 9.37 Å². The van der Waals surface area contributed by atoms with Gasteiger partial charge in [0.2, 0.25) is 5.89 Å². The number of nitrogens with zero attached hydrogens (tertiary/aromatic N) is 2. The number of halogens is 1. The lowest BCUT2D eigenvalue weighted by Gasteiger charge is -1.94. The Morgan fingerprint density at radius 2 is 2.22 bits per heavy atom. The minimum absolute atomic E-state index is 0.245. The van der Waals surface area contributed by atoms with E-state index < -0.39 is 10.7 Å². The van der Waals surface area contributed by atoms with Crippen LogP contribution in [0, 0.1) is 15.9 Å². The van der Waals surface area contributed by atoms with Gasteiger partial charge in [-0.2, -0.15) is 0 Å². The number of oxazole rings is 1. The number of fused-ring (bicyclic) bond motifs is 1. The highest BCUT2D eigenvalue weighted by molar-refractivity contribution is 5.91. The molecule has 7 heteroatoms. The summed E-state index contributed by atoms with van der Waals surface area (Å²) in [6.07, 6.45) is 2.84. The lowest BCUT2D eigenvalue weighted by atomic mass is 10.2. The van der Waals surface area contributed by atoms with Gasteiger partial charge in [-0.05, 0) is 12.1 Å². The highest BCUT2D eigenvalue weighted by atomic mass is 19.1. The Labute approximate surface area is 99.2 Å². The van der Waals surface area contributed by atoms with Gasteiger partial charge in [0.05, 0.1) is 17.2 Å². The van der Waals surface area contributed by atoms with Crippen molar-refractivity contribution in [3.05, 3.63) is 46.6 Å². The molecule has 2 heterocycles. The molecule has 0 amide bonds. The molecule has 2 aromatic heterocycles. The molecular weight excluding hydrogens is 241 g/mol. The molecule has 3 aromatic rings. The van der Waals surface area contributed by atoms with Crippen LogP contribution in [-0.2, 0) is 0 Å². The normalized spacial score (nSPS) is 10.9. The molecule has 90 valence electrons. The average molecular weight is 247 g/mol. The quantitative estimate of drug-likeness (QED) is 0.557. The fourth-order valence-corrected chi connectivity index (χ4v) is 1.81. The molecule has 0 aliphatic heterocycles. The maximum absolute atomic E-state index is 13.3. The van der Waals surface area contributed by atoms with Crippen molar-refractivity contribution in [2.45, 2.75) is 0 Å². The SMILES string of the molecule is O=[N+]([O-])c1cc(F)cc2cc(-c3ncco3)[nH]c12. The van der Waals surface area contributed by atoms with Crippen LogP contribution in [0.2, 0.25) is 0 Å². The molecule has 0 spiro atoms. The number of hydrogen-bond acceptors (Lipinski definition) is 4. The Morgan fingerprint density at radius 1 is 1.39 bits per heavy atom. The standard InChI is InChI=1S/C11H6FN3O3/c12-7-3-6-4-8(11-13-1-2-18-11)14-10(6)9(5-7)15(16)17/h1-5,14H. The van der Waals surface area contributed by atoms with E-state index in [1.807, 2.05) is 0 Å². The van der Waals surface area contributed by atoms with Crippen LogP contribution in [0.15, 0.2) is 35.1 Å². The molecule has 0 saturated carbocycles. The van der Waals surface area contributed by atoms with Gasteiger partial charge in [-0.1, -0.05) is 0 Å². The van der Waals surface area contributed by atoms with Crippen molar-refractivity contribution >= 4 is 16.6 Å². The summed E-state index contributed by atoms with van der Waals surface area (Å²) in [5, 5.41) is 11.2. The van der Waals surface area contributed by atoms with Crippen molar-refractivity contribution in [2.75, 3.05) is 0 Å². The van der Waals surface area contributed by atoms with Gasteiger partial charge in [0, 0.05) is 5.39 Å². The van der Waals surface area contributed by atoms with Gasteiger partial charge < -0.3 is 9.40 Å². The van der Waals surface area contributed by atoms with Crippen molar-refractivity contribution in [1.82, 2.24) is 9.97 Å². The zero-order chi connectivity index (χ0) is 12.7. The minimum atomic E-state index is -0.660. The largest absolute Gasteiger partial charge is 0.443 e. The van der Waals surface area contributed by atoms with E-state index in [-0.39, 0.29) is 11.2 Å². The maximum atomic E-state index is 13.3. The molecule has 0 bridgehead atoms. The van der Waals surface area contributed by atoms with Crippen LogP contribution < -0.4 is 0 Å². The predicted molar refractivity (Wildman–Crippen MR) is 60.4 cm³/mol. The van der Waals surface area contributed by atoms with E-state index in [1.165, 1.54) is 18.5 Å². The number of rotatable bonds is 2. The second-order valence-electron chi connectivity index (χ2n) is 3.67. The highest BCUT2D eigenvalue weighted by Crippen LogP contribution is 2.30. The third-order valence-electron chi connectivity index (χ3n) is 2.53. The van der Waals surface area contributed by atoms with E-state index >= 15 is 0 Å². The van der Waals surface area contributed by atoms with Crippen LogP contribution in [0.25, 0.3) is 22.5 Å². The van der Waals surface area contributed by atoms with E-state index in [0.29, 0.717) is 17.0 Å². The van der Waals surface area contributed by atoms with Gasteiger partial charge in [0.15, 0.2) is 0 Å². The first-order chi connectivity index (χ1) is 8.65. The number of nitrogens with one attached hydrogen (secondary N) is 1. The Balaban J connectivity index is 2.29. The third-order valence-corrected chi connectivity index (χ3v) is 2.53. The summed E-state index contributed by atoms with van der Waals surface area (Å²) in [6.45, 7) is 0. The van der Waals surface area contributed by atoms with E-state index in [0.717, 1.165) is 6.07 Å². The van der Waals surface area contributed by atoms with E-state index in [4.69, 9.17) is 4.42 Å². The molecule has 0 aliphatic rings. The van der Waals surface area contributed by atoms with Gasteiger partial charge in [0.1, 0.15) is 23.3 Å². The molecule has 6 nitrogen and oxygen atoms in total. The number of hydrogen-bond donors (Lipinski definition) is 1. The molecule has 3 rings (SSSR count). The predicted octanol–water partition coefficient (Wildman–Crippen LogP) is 2.87. The lowest BCUT2D eigenvalue weighted by Crippen LogP contribution is -1.90. The number of aromatic nitrogens is 2. The van der Waals surface area contributed by atoms with Crippen molar-refractivity contribution in [3.8, 4) is 11.6 Å². The third kappa shape index (κ3) is 1.53. The number of non-ortho nitro benzene ring substituents is 1. The number of nitro benzene ring substituents is 1. The van der Waals surface area contributed by atoms with Gasteiger partial charge in [0.25, 0.3) is 5.69 Å². The Bertz CT molecular complexity index is 733. The number of benzene rings is 1.